The summed E-state index contributed by atoms with van der Waals surface area (Å²) in [6.07, 6.45) is 0. The molecule has 3 aromatic carbocycles. The fourth-order valence-electron chi connectivity index (χ4n) is 3.58. The van der Waals surface area contributed by atoms with Crippen LogP contribution in [0.15, 0.2) is 60.7 Å². The zero-order valence-electron chi connectivity index (χ0n) is 14.7. The van der Waals surface area contributed by atoms with Gasteiger partial charge in [0.25, 0.3) is 0 Å². The van der Waals surface area contributed by atoms with Gasteiger partial charge in [-0.1, -0.05) is 36.4 Å². The van der Waals surface area contributed by atoms with Gasteiger partial charge in [0.05, 0.1) is 29.1 Å². The zero-order valence-corrected chi connectivity index (χ0v) is 14.7. The summed E-state index contributed by atoms with van der Waals surface area (Å²) < 4.78 is 7.09. The molecular formula is C22H19NO3. The Kier molecular flexibility index (Phi) is 3.88. The Hall–Kier alpha value is -3.27. The average Bonchev–Trinajstić information content (AvgIpc) is 2.98. The maximum atomic E-state index is 12.3. The van der Waals surface area contributed by atoms with E-state index < -0.39 is 5.97 Å². The van der Waals surface area contributed by atoms with Gasteiger partial charge in [-0.15, -0.1) is 0 Å². The van der Waals surface area contributed by atoms with Gasteiger partial charge in [0, 0.05) is 11.9 Å². The minimum absolute atomic E-state index is 0.160. The molecule has 0 aliphatic rings. The molecule has 1 N–H and O–H groups in total. The number of benzene rings is 3. The van der Waals surface area contributed by atoms with Gasteiger partial charge in [-0.2, -0.15) is 0 Å². The van der Waals surface area contributed by atoms with Crippen LogP contribution >= 0.6 is 0 Å². The molecule has 0 fully saturated rings. The quantitative estimate of drug-likeness (QED) is 0.550. The number of carbonyl (C=O) groups is 1. The van der Waals surface area contributed by atoms with Gasteiger partial charge in [0.1, 0.15) is 5.75 Å². The van der Waals surface area contributed by atoms with Crippen molar-refractivity contribution in [1.29, 1.82) is 0 Å². The molecule has 1 heterocycles. The number of fused-ring (bicyclic) bond motifs is 3. The number of aromatic nitrogens is 1. The van der Waals surface area contributed by atoms with Gasteiger partial charge in [-0.25, -0.2) is 4.79 Å². The molecule has 130 valence electrons. The highest BCUT2D eigenvalue weighted by atomic mass is 16.5. The van der Waals surface area contributed by atoms with Gasteiger partial charge < -0.3 is 14.4 Å². The minimum atomic E-state index is -0.409. The van der Waals surface area contributed by atoms with Gasteiger partial charge in [-0.3, -0.25) is 0 Å². The molecule has 4 rings (SSSR count). The van der Waals surface area contributed by atoms with Crippen LogP contribution in [0, 0.1) is 6.92 Å². The van der Waals surface area contributed by atoms with E-state index in [4.69, 9.17) is 4.74 Å². The van der Waals surface area contributed by atoms with Gasteiger partial charge >= 0.3 is 5.97 Å². The Bertz CT molecular complexity index is 1140. The fourth-order valence-corrected chi connectivity index (χ4v) is 3.58. The maximum absolute atomic E-state index is 12.3. The lowest BCUT2D eigenvalue weighted by molar-refractivity contribution is 0.0603. The van der Waals surface area contributed by atoms with Crippen LogP contribution < -0.4 is 0 Å². The standard InChI is InChI=1S/C22H19NO3/c1-14-7-3-4-8-15(14)13-23-17-10-5-9-16(22(25)26-2)20(17)21-18(23)11-6-12-19(21)24/h3-12,24H,13H2,1-2H3. The molecule has 4 aromatic rings. The largest absolute Gasteiger partial charge is 0.507 e. The van der Waals surface area contributed by atoms with E-state index in [-0.39, 0.29) is 5.75 Å². The molecule has 0 saturated heterocycles. The molecule has 26 heavy (non-hydrogen) atoms. The van der Waals surface area contributed by atoms with E-state index in [1.165, 1.54) is 18.2 Å². The first-order valence-corrected chi connectivity index (χ1v) is 8.47. The summed E-state index contributed by atoms with van der Waals surface area (Å²) in [4.78, 5) is 12.3. The fraction of sp³-hybridized carbons (Fsp3) is 0.136. The molecule has 4 nitrogen and oxygen atoms in total. The van der Waals surface area contributed by atoms with Crippen LogP contribution in [-0.4, -0.2) is 22.8 Å². The molecule has 0 atom stereocenters. The Morgan fingerprint density at radius 1 is 0.962 bits per heavy atom. The number of hydrogen-bond acceptors (Lipinski definition) is 3. The van der Waals surface area contributed by atoms with Gasteiger partial charge in [0.2, 0.25) is 0 Å². The third-order valence-electron chi connectivity index (χ3n) is 4.89. The molecule has 0 bridgehead atoms. The Balaban J connectivity index is 2.08. The second-order valence-corrected chi connectivity index (χ2v) is 6.38. The van der Waals surface area contributed by atoms with E-state index in [9.17, 15) is 9.90 Å². The number of phenolic OH excluding ortho intramolecular Hbond substituents is 1. The minimum Gasteiger partial charge on any atom is -0.507 e. The van der Waals surface area contributed by atoms with Gasteiger partial charge in [-0.05, 0) is 42.3 Å². The molecule has 1 aromatic heterocycles. The zero-order chi connectivity index (χ0) is 18.3. The van der Waals surface area contributed by atoms with Crippen LogP contribution in [0.4, 0.5) is 0 Å². The third kappa shape index (κ3) is 2.42. The number of aromatic hydroxyl groups is 1. The van der Waals surface area contributed by atoms with Crippen molar-refractivity contribution in [1.82, 2.24) is 4.57 Å². The number of ether oxygens (including phenoxy) is 1. The number of aryl methyl sites for hydroxylation is 1. The average molecular weight is 345 g/mol. The summed E-state index contributed by atoms with van der Waals surface area (Å²) in [6, 6.07) is 19.2. The number of methoxy groups -OCH3 is 1. The number of phenols is 1. The third-order valence-corrected chi connectivity index (χ3v) is 4.89. The summed E-state index contributed by atoms with van der Waals surface area (Å²) in [7, 11) is 1.37. The second-order valence-electron chi connectivity index (χ2n) is 6.38. The molecule has 0 spiro atoms. The van der Waals surface area contributed by atoms with Crippen LogP contribution in [0.2, 0.25) is 0 Å². The summed E-state index contributed by atoms with van der Waals surface area (Å²) in [5.74, 6) is -0.249. The van der Waals surface area contributed by atoms with Crippen LogP contribution in [0.1, 0.15) is 21.5 Å². The van der Waals surface area contributed by atoms with Crippen molar-refractivity contribution < 1.29 is 14.6 Å². The highest BCUT2D eigenvalue weighted by Crippen LogP contribution is 2.37. The SMILES string of the molecule is COC(=O)c1cccc2c1c1c(O)cccc1n2Cc1ccccc1C. The summed E-state index contributed by atoms with van der Waals surface area (Å²) in [6.45, 7) is 2.74. The predicted molar refractivity (Wildman–Crippen MR) is 103 cm³/mol. The van der Waals surface area contributed by atoms with Crippen molar-refractivity contribution in [3.8, 4) is 5.75 Å². The molecule has 4 heteroatoms. The van der Waals surface area contributed by atoms with Crippen LogP contribution in [0.3, 0.4) is 0 Å². The van der Waals surface area contributed by atoms with Crippen molar-refractivity contribution >= 4 is 27.8 Å². The van der Waals surface area contributed by atoms with Crippen molar-refractivity contribution in [3.63, 3.8) is 0 Å². The Labute approximate surface area is 151 Å². The van der Waals surface area contributed by atoms with E-state index in [1.54, 1.807) is 12.1 Å². The molecule has 0 radical (unpaired) electrons. The topological polar surface area (TPSA) is 51.5 Å². The van der Waals surface area contributed by atoms with E-state index in [2.05, 4.69) is 23.6 Å². The molecular weight excluding hydrogens is 326 g/mol. The number of rotatable bonds is 3. The van der Waals surface area contributed by atoms with Crippen molar-refractivity contribution in [3.05, 3.63) is 77.4 Å². The van der Waals surface area contributed by atoms with Crippen molar-refractivity contribution in [2.75, 3.05) is 7.11 Å². The number of hydrogen-bond donors (Lipinski definition) is 1. The number of nitrogens with zero attached hydrogens (tertiary/aromatic N) is 1. The van der Waals surface area contributed by atoms with Crippen LogP contribution in [-0.2, 0) is 11.3 Å². The maximum Gasteiger partial charge on any atom is 0.338 e. The van der Waals surface area contributed by atoms with Crippen LogP contribution in [0.25, 0.3) is 21.8 Å². The lowest BCUT2D eigenvalue weighted by Crippen LogP contribution is -2.03. The Morgan fingerprint density at radius 3 is 2.38 bits per heavy atom. The number of esters is 1. The van der Waals surface area contributed by atoms with Crippen LogP contribution in [0.5, 0.6) is 5.75 Å². The molecule has 0 saturated carbocycles. The first-order chi connectivity index (χ1) is 12.6. The van der Waals surface area contributed by atoms with E-state index >= 15 is 0 Å². The molecule has 0 amide bonds. The highest BCUT2D eigenvalue weighted by molar-refractivity contribution is 6.19. The monoisotopic (exact) mass is 345 g/mol. The first kappa shape index (κ1) is 16.2. The van der Waals surface area contributed by atoms with E-state index in [1.807, 2.05) is 36.4 Å². The Morgan fingerprint density at radius 2 is 1.65 bits per heavy atom. The summed E-state index contributed by atoms with van der Waals surface area (Å²) in [5, 5.41) is 11.9. The smallest absolute Gasteiger partial charge is 0.338 e. The van der Waals surface area contributed by atoms with Crippen molar-refractivity contribution in [2.45, 2.75) is 13.5 Å². The normalized spacial score (nSPS) is 11.2. The van der Waals surface area contributed by atoms with Gasteiger partial charge in [0.15, 0.2) is 0 Å². The lowest BCUT2D eigenvalue weighted by atomic mass is 10.1. The molecule has 0 aliphatic carbocycles. The first-order valence-electron chi connectivity index (χ1n) is 8.47. The van der Waals surface area contributed by atoms with Crippen molar-refractivity contribution in [2.24, 2.45) is 0 Å². The second kappa shape index (κ2) is 6.23. The number of carbonyl (C=O) groups excluding carboxylic acids is 1. The molecule has 0 aliphatic heterocycles. The van der Waals surface area contributed by atoms with E-state index in [0.717, 1.165) is 16.4 Å². The summed E-state index contributed by atoms with van der Waals surface area (Å²) in [5.41, 5.74) is 4.64. The highest BCUT2D eigenvalue weighted by Gasteiger charge is 2.20. The van der Waals surface area contributed by atoms with E-state index in [0.29, 0.717) is 17.5 Å². The predicted octanol–water partition coefficient (Wildman–Crippen LogP) is 4.64. The summed E-state index contributed by atoms with van der Waals surface area (Å²) >= 11 is 0. The molecule has 0 unspecified atom stereocenters. The lowest BCUT2D eigenvalue weighted by Gasteiger charge is -2.10.